The molecule has 1 spiro atoms. The topological polar surface area (TPSA) is 38.3 Å². The Balaban J connectivity index is 1.29. The Morgan fingerprint density at radius 3 is 2.80 bits per heavy atom. The Morgan fingerprint density at radius 1 is 1.10 bits per heavy atom. The van der Waals surface area contributed by atoms with Crippen molar-refractivity contribution in [2.75, 3.05) is 6.54 Å². The molecule has 2 saturated heterocycles. The molecule has 0 bridgehead atoms. The molecule has 1 N–H and O–H groups in total. The van der Waals surface area contributed by atoms with Gasteiger partial charge in [0.15, 0.2) is 0 Å². The zero-order valence-electron chi connectivity index (χ0n) is 19.3. The maximum absolute atomic E-state index is 12.2. The Morgan fingerprint density at radius 2 is 1.97 bits per heavy atom. The van der Waals surface area contributed by atoms with Crippen LogP contribution in [0.5, 0.6) is 0 Å². The van der Waals surface area contributed by atoms with Crippen molar-refractivity contribution >= 4 is 5.78 Å². The summed E-state index contributed by atoms with van der Waals surface area (Å²) < 4.78 is 6.94. The van der Waals surface area contributed by atoms with Crippen LogP contribution >= 0.6 is 0 Å². The number of carbonyl (C=O) groups is 1. The van der Waals surface area contributed by atoms with Crippen molar-refractivity contribution in [2.45, 2.75) is 109 Å². The molecule has 0 aromatic heterocycles. The minimum absolute atomic E-state index is 0.0714. The summed E-state index contributed by atoms with van der Waals surface area (Å²) in [5.41, 5.74) is 3.97. The minimum Gasteiger partial charge on any atom is -0.369 e. The lowest BCUT2D eigenvalue weighted by Gasteiger charge is -2.52. The zero-order valence-corrected chi connectivity index (χ0v) is 19.3. The number of fused-ring (bicyclic) bond motifs is 6. The number of Topliss-reactive ketones (excluding diaryl/α,β-unsaturated/α-hetero) is 1. The normalized spacial score (nSPS) is 53.2. The number of carbonyl (C=O) groups excluding carboxylic acids is 1. The summed E-state index contributed by atoms with van der Waals surface area (Å²) in [7, 11) is 0. The van der Waals surface area contributed by atoms with Gasteiger partial charge in [-0.05, 0) is 100 Å². The molecule has 9 unspecified atom stereocenters. The van der Waals surface area contributed by atoms with Gasteiger partial charge in [-0.25, -0.2) is 0 Å². The van der Waals surface area contributed by atoms with Crippen molar-refractivity contribution in [3.05, 3.63) is 11.1 Å². The van der Waals surface area contributed by atoms with Crippen LogP contribution in [-0.4, -0.2) is 30.1 Å². The van der Waals surface area contributed by atoms with Crippen molar-refractivity contribution in [3.8, 4) is 0 Å². The van der Waals surface area contributed by atoms with Gasteiger partial charge in [0.1, 0.15) is 5.78 Å². The van der Waals surface area contributed by atoms with Crippen LogP contribution in [-0.2, 0) is 9.53 Å². The third-order valence-electron chi connectivity index (χ3n) is 11.2. The second kappa shape index (κ2) is 6.91. The third kappa shape index (κ3) is 2.73. The highest BCUT2D eigenvalue weighted by molar-refractivity contribution is 5.79. The average Bonchev–Trinajstić information content (AvgIpc) is 3.19. The zero-order chi connectivity index (χ0) is 20.7. The summed E-state index contributed by atoms with van der Waals surface area (Å²) in [5, 5.41) is 3.80. The highest BCUT2D eigenvalue weighted by Crippen LogP contribution is 2.64. The molecule has 0 radical (unpaired) electrons. The minimum atomic E-state index is 0.0714. The lowest BCUT2D eigenvalue weighted by molar-refractivity contribution is -0.129. The number of hydrogen-bond donors (Lipinski definition) is 1. The summed E-state index contributed by atoms with van der Waals surface area (Å²) >= 11 is 0. The molecule has 166 valence electrons. The van der Waals surface area contributed by atoms with E-state index in [1.807, 2.05) is 5.57 Å². The van der Waals surface area contributed by atoms with Crippen molar-refractivity contribution in [1.29, 1.82) is 0 Å². The van der Waals surface area contributed by atoms with E-state index in [4.69, 9.17) is 4.74 Å². The molecule has 6 aliphatic rings. The van der Waals surface area contributed by atoms with Gasteiger partial charge in [0.2, 0.25) is 0 Å². The first-order chi connectivity index (χ1) is 14.4. The second-order valence-electron chi connectivity index (χ2n) is 12.3. The summed E-state index contributed by atoms with van der Waals surface area (Å²) in [5.74, 6) is 4.27. The van der Waals surface area contributed by atoms with Crippen molar-refractivity contribution < 1.29 is 9.53 Å². The maximum atomic E-state index is 12.2. The SMILES string of the molecule is CC1=C2CC3C(CCC4CC(=O)CCC43C)C2CCC2(C1)OC1CCCNC1C2C. The van der Waals surface area contributed by atoms with E-state index in [9.17, 15) is 4.79 Å². The summed E-state index contributed by atoms with van der Waals surface area (Å²) in [6, 6.07) is 0.566. The monoisotopic (exact) mass is 411 g/mol. The van der Waals surface area contributed by atoms with E-state index in [0.717, 1.165) is 43.4 Å². The molecule has 5 fully saturated rings. The van der Waals surface area contributed by atoms with Crippen molar-refractivity contribution in [2.24, 2.45) is 35.0 Å². The van der Waals surface area contributed by atoms with Crippen LogP contribution in [0.25, 0.3) is 0 Å². The van der Waals surface area contributed by atoms with Gasteiger partial charge in [0.25, 0.3) is 0 Å². The first kappa shape index (κ1) is 20.0. The van der Waals surface area contributed by atoms with Crippen LogP contribution in [0.3, 0.4) is 0 Å². The van der Waals surface area contributed by atoms with Gasteiger partial charge in [0.05, 0.1) is 11.7 Å². The largest absolute Gasteiger partial charge is 0.369 e. The van der Waals surface area contributed by atoms with Gasteiger partial charge >= 0.3 is 0 Å². The summed E-state index contributed by atoms with van der Waals surface area (Å²) in [6.07, 6.45) is 13.5. The molecule has 0 aromatic rings. The molecule has 6 rings (SSSR count). The highest BCUT2D eigenvalue weighted by Gasteiger charge is 2.59. The van der Waals surface area contributed by atoms with E-state index < -0.39 is 0 Å². The van der Waals surface area contributed by atoms with Crippen LogP contribution in [0.2, 0.25) is 0 Å². The van der Waals surface area contributed by atoms with Gasteiger partial charge in [-0.1, -0.05) is 25.0 Å². The Bertz CT molecular complexity index is 773. The highest BCUT2D eigenvalue weighted by atomic mass is 16.5. The predicted octanol–water partition coefficient (Wildman–Crippen LogP) is 5.43. The third-order valence-corrected chi connectivity index (χ3v) is 11.2. The number of nitrogens with one attached hydrogen (secondary N) is 1. The molecule has 4 aliphatic carbocycles. The molecule has 3 saturated carbocycles. The predicted molar refractivity (Wildman–Crippen MR) is 119 cm³/mol. The summed E-state index contributed by atoms with van der Waals surface area (Å²) in [4.78, 5) is 12.2. The fraction of sp³-hybridized carbons (Fsp3) is 0.889. The van der Waals surface area contributed by atoms with E-state index in [2.05, 4.69) is 26.1 Å². The van der Waals surface area contributed by atoms with Crippen LogP contribution in [0.15, 0.2) is 11.1 Å². The van der Waals surface area contributed by atoms with Gasteiger partial charge in [-0.3, -0.25) is 4.79 Å². The quantitative estimate of drug-likeness (QED) is 0.540. The average molecular weight is 412 g/mol. The van der Waals surface area contributed by atoms with E-state index >= 15 is 0 Å². The Labute approximate surface area is 182 Å². The second-order valence-corrected chi connectivity index (χ2v) is 12.3. The smallest absolute Gasteiger partial charge is 0.133 e. The van der Waals surface area contributed by atoms with Crippen LogP contribution in [0, 0.1) is 35.0 Å². The molecule has 2 aliphatic heterocycles. The van der Waals surface area contributed by atoms with E-state index in [1.54, 1.807) is 5.57 Å². The van der Waals surface area contributed by atoms with Gasteiger partial charge in [0, 0.05) is 24.8 Å². The first-order valence-corrected chi connectivity index (χ1v) is 13.0. The molecular formula is C27H41NO2. The van der Waals surface area contributed by atoms with Crippen molar-refractivity contribution in [3.63, 3.8) is 0 Å². The number of hydrogen-bond acceptors (Lipinski definition) is 3. The maximum Gasteiger partial charge on any atom is 0.133 e. The standard InChI is InChI=1S/C27H41NO2/c1-16-15-27(17(2)25-24(30-27)5-4-12-28-25)11-9-20-21-7-6-18-13-19(29)8-10-26(18,3)23(21)14-22(16)20/h17-18,20-21,23-25,28H,4-15H2,1-3H3. The van der Waals surface area contributed by atoms with Crippen LogP contribution < -0.4 is 5.32 Å². The van der Waals surface area contributed by atoms with E-state index in [1.165, 1.54) is 51.5 Å². The molecule has 0 aromatic carbocycles. The van der Waals surface area contributed by atoms with E-state index in [0.29, 0.717) is 35.2 Å². The lowest BCUT2D eigenvalue weighted by atomic mass is 9.52. The number of piperidine rings is 1. The molecule has 2 heterocycles. The number of rotatable bonds is 0. The molecule has 9 atom stereocenters. The number of ether oxygens (including phenoxy) is 1. The fourth-order valence-electron chi connectivity index (χ4n) is 9.41. The first-order valence-electron chi connectivity index (χ1n) is 13.0. The molecule has 3 nitrogen and oxygen atoms in total. The molecular weight excluding hydrogens is 370 g/mol. The molecule has 3 heteroatoms. The van der Waals surface area contributed by atoms with Gasteiger partial charge in [-0.2, -0.15) is 0 Å². The van der Waals surface area contributed by atoms with Crippen LogP contribution in [0.1, 0.15) is 91.4 Å². The molecule has 0 amide bonds. The molecule has 30 heavy (non-hydrogen) atoms. The van der Waals surface area contributed by atoms with Crippen LogP contribution in [0.4, 0.5) is 0 Å². The lowest BCUT2D eigenvalue weighted by Crippen LogP contribution is -2.46. The van der Waals surface area contributed by atoms with E-state index in [-0.39, 0.29) is 5.60 Å². The van der Waals surface area contributed by atoms with Gasteiger partial charge < -0.3 is 10.1 Å². The number of allylic oxidation sites excluding steroid dienone is 1. The Kier molecular flexibility index (Phi) is 4.60. The Hall–Kier alpha value is -0.670. The fourth-order valence-corrected chi connectivity index (χ4v) is 9.41. The number of ketones is 1. The van der Waals surface area contributed by atoms with Gasteiger partial charge in [-0.15, -0.1) is 0 Å². The van der Waals surface area contributed by atoms with Crippen molar-refractivity contribution in [1.82, 2.24) is 5.32 Å². The summed E-state index contributed by atoms with van der Waals surface area (Å²) in [6.45, 7) is 8.64.